The van der Waals surface area contributed by atoms with Crippen LogP contribution >= 0.6 is 15.9 Å². The predicted octanol–water partition coefficient (Wildman–Crippen LogP) is 6.63. The number of hydrogen-bond donors (Lipinski definition) is 0. The van der Waals surface area contributed by atoms with E-state index in [9.17, 15) is 39.5 Å². The van der Waals surface area contributed by atoms with E-state index in [-0.39, 0.29) is 12.8 Å². The monoisotopic (exact) mass is 430 g/mol. The van der Waals surface area contributed by atoms with E-state index < -0.39 is 36.8 Å². The second-order valence-corrected chi connectivity index (χ2v) is 6.10. The number of halogens is 10. The Morgan fingerprint density at radius 3 is 1.67 bits per heavy atom. The number of alkyl halides is 9. The van der Waals surface area contributed by atoms with E-state index in [2.05, 4.69) is 15.9 Å². The second kappa shape index (κ2) is 7.13. The molecule has 10 heteroatoms. The highest BCUT2D eigenvalue weighted by molar-refractivity contribution is 9.10. The van der Waals surface area contributed by atoms with Gasteiger partial charge in [0.1, 0.15) is 0 Å². The van der Waals surface area contributed by atoms with Crippen LogP contribution in [0.5, 0.6) is 0 Å². The fourth-order valence-electron chi connectivity index (χ4n) is 1.89. The zero-order chi connectivity index (χ0) is 18.8. The molecule has 0 saturated heterocycles. The summed E-state index contributed by atoms with van der Waals surface area (Å²) in [5, 5.41) is 0. The third-order valence-corrected chi connectivity index (χ3v) is 3.86. The molecule has 0 radical (unpaired) electrons. The molecule has 138 valence electrons. The van der Waals surface area contributed by atoms with E-state index >= 15 is 0 Å². The van der Waals surface area contributed by atoms with Gasteiger partial charge >= 0.3 is 23.9 Å². The van der Waals surface area contributed by atoms with E-state index in [4.69, 9.17) is 0 Å². The summed E-state index contributed by atoms with van der Waals surface area (Å²) in [7, 11) is 0. The maximum absolute atomic E-state index is 13.3. The molecule has 0 heterocycles. The maximum Gasteiger partial charge on any atom is 0.460 e. The van der Waals surface area contributed by atoms with Gasteiger partial charge < -0.3 is 0 Å². The lowest BCUT2D eigenvalue weighted by atomic mass is 9.97. The Kier molecular flexibility index (Phi) is 6.27. The third kappa shape index (κ3) is 4.37. The summed E-state index contributed by atoms with van der Waals surface area (Å²) in [6, 6.07) is 6.58. The van der Waals surface area contributed by atoms with Gasteiger partial charge in [-0.2, -0.15) is 39.5 Å². The van der Waals surface area contributed by atoms with Gasteiger partial charge in [0, 0.05) is 10.9 Å². The van der Waals surface area contributed by atoms with Crippen LogP contribution in [0, 0.1) is 0 Å². The fourth-order valence-corrected chi connectivity index (χ4v) is 2.16. The Morgan fingerprint density at radius 1 is 0.708 bits per heavy atom. The molecule has 0 saturated carbocycles. The van der Waals surface area contributed by atoms with Gasteiger partial charge in [0.2, 0.25) is 0 Å². The van der Waals surface area contributed by atoms with Gasteiger partial charge in [-0.3, -0.25) is 0 Å². The molecule has 0 spiro atoms. The van der Waals surface area contributed by atoms with Gasteiger partial charge in [-0.25, -0.2) is 0 Å². The van der Waals surface area contributed by atoms with Crippen molar-refractivity contribution in [2.75, 3.05) is 0 Å². The summed E-state index contributed by atoms with van der Waals surface area (Å²) in [4.78, 5) is 0. The molecule has 0 aliphatic heterocycles. The first-order valence-corrected chi connectivity index (χ1v) is 7.46. The molecule has 0 atom stereocenters. The predicted molar refractivity (Wildman–Crippen MR) is 72.6 cm³/mol. The van der Waals surface area contributed by atoms with Gasteiger partial charge in [-0.05, 0) is 37.0 Å². The average Bonchev–Trinajstić information content (AvgIpc) is 2.44. The molecule has 0 fully saturated rings. The lowest BCUT2D eigenvalue weighted by molar-refractivity contribution is -0.396. The topological polar surface area (TPSA) is 0 Å². The van der Waals surface area contributed by atoms with Crippen molar-refractivity contribution in [3.8, 4) is 0 Å². The molecule has 0 unspecified atom stereocenters. The van der Waals surface area contributed by atoms with Gasteiger partial charge in [-0.1, -0.05) is 28.1 Å². The second-order valence-electron chi connectivity index (χ2n) is 5.18. The summed E-state index contributed by atoms with van der Waals surface area (Å²) in [6.45, 7) is 0. The van der Waals surface area contributed by atoms with Crippen LogP contribution in [0.3, 0.4) is 0 Å². The van der Waals surface area contributed by atoms with E-state index in [1.807, 2.05) is 0 Å². The molecular weight excluding hydrogens is 419 g/mol. The molecule has 1 aromatic carbocycles. The quantitative estimate of drug-likeness (QED) is 0.336. The third-order valence-electron chi connectivity index (χ3n) is 3.33. The van der Waals surface area contributed by atoms with Gasteiger partial charge in [0.05, 0.1) is 0 Å². The van der Waals surface area contributed by atoms with Crippen LogP contribution in [-0.2, 0) is 6.42 Å². The van der Waals surface area contributed by atoms with Crippen molar-refractivity contribution in [2.45, 2.75) is 49.6 Å². The standard InChI is InChI=1S/C14H12BrF9/c15-10-6-4-9(5-7-10)3-1-2-8-11(16,17)12(18,19)13(20,21)14(22,23)24/h4-7H,1-3,8H2. The van der Waals surface area contributed by atoms with Crippen LogP contribution < -0.4 is 0 Å². The fraction of sp³-hybridized carbons (Fsp3) is 0.571. The SMILES string of the molecule is FC(F)(F)C(F)(F)C(F)(F)C(F)(F)CCCCc1ccc(Br)cc1. The molecule has 0 bridgehead atoms. The largest absolute Gasteiger partial charge is 0.460 e. The minimum Gasteiger partial charge on any atom is -0.200 e. The van der Waals surface area contributed by atoms with Gasteiger partial charge in [-0.15, -0.1) is 0 Å². The van der Waals surface area contributed by atoms with Crippen LogP contribution in [0.2, 0.25) is 0 Å². The summed E-state index contributed by atoms with van der Waals surface area (Å²) < 4.78 is 115. The van der Waals surface area contributed by atoms with Gasteiger partial charge in [0.15, 0.2) is 0 Å². The molecule has 0 aromatic heterocycles. The molecule has 0 N–H and O–H groups in total. The molecular formula is C14H12BrF9. The molecule has 0 nitrogen and oxygen atoms in total. The minimum absolute atomic E-state index is 0.0646. The van der Waals surface area contributed by atoms with Crippen LogP contribution in [0.15, 0.2) is 28.7 Å². The van der Waals surface area contributed by atoms with Crippen molar-refractivity contribution >= 4 is 15.9 Å². The van der Waals surface area contributed by atoms with Crippen molar-refractivity contribution in [2.24, 2.45) is 0 Å². The highest BCUT2D eigenvalue weighted by Crippen LogP contribution is 2.54. The minimum atomic E-state index is -6.81. The van der Waals surface area contributed by atoms with Crippen LogP contribution in [-0.4, -0.2) is 23.9 Å². The molecule has 1 rings (SSSR count). The number of unbranched alkanes of at least 4 members (excludes halogenated alkanes) is 1. The Bertz CT molecular complexity index is 534. The Morgan fingerprint density at radius 2 is 1.21 bits per heavy atom. The number of hydrogen-bond acceptors (Lipinski definition) is 0. The van der Waals surface area contributed by atoms with Crippen molar-refractivity contribution in [3.63, 3.8) is 0 Å². The zero-order valence-electron chi connectivity index (χ0n) is 11.9. The van der Waals surface area contributed by atoms with Crippen molar-refractivity contribution in [1.29, 1.82) is 0 Å². The first-order valence-electron chi connectivity index (χ1n) is 6.67. The van der Waals surface area contributed by atoms with Crippen LogP contribution in [0.25, 0.3) is 0 Å². The highest BCUT2D eigenvalue weighted by atomic mass is 79.9. The molecule has 24 heavy (non-hydrogen) atoms. The van der Waals surface area contributed by atoms with Crippen molar-refractivity contribution in [3.05, 3.63) is 34.3 Å². The molecule has 0 amide bonds. The smallest absolute Gasteiger partial charge is 0.200 e. The van der Waals surface area contributed by atoms with Crippen LogP contribution in [0.4, 0.5) is 39.5 Å². The first kappa shape index (κ1) is 21.1. The van der Waals surface area contributed by atoms with E-state index in [1.165, 1.54) is 0 Å². The van der Waals surface area contributed by atoms with E-state index in [0.717, 1.165) is 4.47 Å². The number of benzene rings is 1. The van der Waals surface area contributed by atoms with Crippen molar-refractivity contribution < 1.29 is 39.5 Å². The lowest BCUT2D eigenvalue weighted by Gasteiger charge is -2.33. The summed E-state index contributed by atoms with van der Waals surface area (Å²) in [5.41, 5.74) is 0.689. The number of rotatable bonds is 7. The zero-order valence-corrected chi connectivity index (χ0v) is 13.5. The molecule has 1 aromatic rings. The molecule has 0 aliphatic carbocycles. The molecule has 0 aliphatic rings. The van der Waals surface area contributed by atoms with E-state index in [0.29, 0.717) is 5.56 Å². The average molecular weight is 431 g/mol. The summed E-state index contributed by atoms with van der Waals surface area (Å²) >= 11 is 3.16. The van der Waals surface area contributed by atoms with Crippen molar-refractivity contribution in [1.82, 2.24) is 0 Å². The summed E-state index contributed by atoms with van der Waals surface area (Å²) in [5.74, 6) is -18.8. The normalized spacial score (nSPS) is 14.1. The maximum atomic E-state index is 13.3. The Labute approximate surface area is 140 Å². The Balaban J connectivity index is 2.66. The highest BCUT2D eigenvalue weighted by Gasteiger charge is 2.81. The number of aryl methyl sites for hydroxylation is 1. The lowest BCUT2D eigenvalue weighted by Crippen LogP contribution is -2.60. The first-order chi connectivity index (χ1) is 10.7. The van der Waals surface area contributed by atoms with Crippen LogP contribution in [0.1, 0.15) is 24.8 Å². The van der Waals surface area contributed by atoms with E-state index in [1.54, 1.807) is 24.3 Å². The Hall–Kier alpha value is -0.930. The van der Waals surface area contributed by atoms with Gasteiger partial charge in [0.25, 0.3) is 0 Å². The summed E-state index contributed by atoms with van der Waals surface area (Å²) in [6.07, 6.45) is -9.04.